The first-order valence-corrected chi connectivity index (χ1v) is 15.8. The summed E-state index contributed by atoms with van der Waals surface area (Å²) < 4.78 is 23.0. The van der Waals surface area contributed by atoms with Gasteiger partial charge < -0.3 is 24.6 Å². The highest BCUT2D eigenvalue weighted by Crippen LogP contribution is 2.38. The van der Waals surface area contributed by atoms with Crippen molar-refractivity contribution in [3.05, 3.63) is 60.2 Å². The predicted molar refractivity (Wildman–Crippen MR) is 157 cm³/mol. The maximum atomic E-state index is 13.6. The Balaban J connectivity index is 2.42. The van der Waals surface area contributed by atoms with E-state index in [1.807, 2.05) is 61.5 Å². The van der Waals surface area contributed by atoms with Crippen LogP contribution in [0.5, 0.6) is 0 Å². The molecule has 3 N–H and O–H groups in total. The summed E-state index contributed by atoms with van der Waals surface area (Å²) in [7, 11) is -4.70. The predicted octanol–water partition coefficient (Wildman–Crippen LogP) is 4.49. The van der Waals surface area contributed by atoms with E-state index < -0.39 is 44.0 Å². The van der Waals surface area contributed by atoms with Crippen LogP contribution in [0.4, 0.5) is 0 Å². The van der Waals surface area contributed by atoms with E-state index in [2.05, 4.69) is 5.32 Å². The van der Waals surface area contributed by atoms with Crippen LogP contribution in [-0.4, -0.2) is 64.2 Å². The molecule has 2 rings (SSSR count). The van der Waals surface area contributed by atoms with E-state index >= 15 is 0 Å². The van der Waals surface area contributed by atoms with E-state index in [-0.39, 0.29) is 38.3 Å². The van der Waals surface area contributed by atoms with E-state index in [1.165, 1.54) is 4.90 Å². The number of amides is 1. The lowest BCUT2D eigenvalue weighted by molar-refractivity contribution is -0.169. The van der Waals surface area contributed by atoms with Crippen LogP contribution in [-0.2, 0) is 34.8 Å². The number of esters is 2. The smallest absolute Gasteiger partial charge is 0.339 e. The van der Waals surface area contributed by atoms with Gasteiger partial charge in [-0.3, -0.25) is 18.9 Å². The summed E-state index contributed by atoms with van der Waals surface area (Å²) in [6.07, 6.45) is -0.315. The molecule has 0 spiro atoms. The molecule has 0 heterocycles. The number of benzene rings is 2. The molecule has 2 unspecified atom stereocenters. The molecular formula is C30H43N2O8P. The van der Waals surface area contributed by atoms with Crippen LogP contribution < -0.4 is 5.32 Å². The largest absolute Gasteiger partial charge is 0.466 e. The van der Waals surface area contributed by atoms with Gasteiger partial charge in [0.15, 0.2) is 6.23 Å². The minimum atomic E-state index is -4.70. The van der Waals surface area contributed by atoms with Gasteiger partial charge in [0.25, 0.3) is 0 Å². The van der Waals surface area contributed by atoms with Crippen LogP contribution in [0.1, 0.15) is 58.9 Å². The van der Waals surface area contributed by atoms with Gasteiger partial charge in [-0.1, -0.05) is 81.8 Å². The molecule has 41 heavy (non-hydrogen) atoms. The first-order chi connectivity index (χ1) is 19.4. The van der Waals surface area contributed by atoms with Crippen molar-refractivity contribution in [3.8, 4) is 11.1 Å². The quantitative estimate of drug-likeness (QED) is 0.138. The molecule has 0 radical (unpaired) electrons. The molecular weight excluding hydrogens is 547 g/mol. The third kappa shape index (κ3) is 12.2. The lowest BCUT2D eigenvalue weighted by atomic mass is 9.99. The van der Waals surface area contributed by atoms with Crippen molar-refractivity contribution >= 4 is 25.4 Å². The van der Waals surface area contributed by atoms with Crippen LogP contribution in [0.25, 0.3) is 11.1 Å². The molecule has 0 aromatic heterocycles. The van der Waals surface area contributed by atoms with Gasteiger partial charge in [-0.25, -0.2) is 4.90 Å². The van der Waals surface area contributed by atoms with Gasteiger partial charge in [-0.15, -0.1) is 0 Å². The van der Waals surface area contributed by atoms with Gasteiger partial charge >= 0.3 is 19.5 Å². The Morgan fingerprint density at radius 2 is 1.56 bits per heavy atom. The minimum absolute atomic E-state index is 0.0203. The maximum Gasteiger partial charge on any atom is 0.339 e. The topological polar surface area (TPSA) is 142 Å². The number of hydrogen-bond acceptors (Lipinski definition) is 7. The average molecular weight is 591 g/mol. The van der Waals surface area contributed by atoms with Crippen molar-refractivity contribution in [2.75, 3.05) is 19.4 Å². The van der Waals surface area contributed by atoms with E-state index in [9.17, 15) is 28.7 Å². The van der Waals surface area contributed by atoms with Crippen molar-refractivity contribution in [1.82, 2.24) is 10.2 Å². The number of carbonyl (C=O) groups is 3. The molecule has 2 atom stereocenters. The Morgan fingerprint density at radius 1 is 0.927 bits per heavy atom. The van der Waals surface area contributed by atoms with Crippen LogP contribution in [0.3, 0.4) is 0 Å². The average Bonchev–Trinajstić information content (AvgIpc) is 2.92. The molecule has 11 heteroatoms. The molecule has 0 aliphatic heterocycles. The van der Waals surface area contributed by atoms with E-state index in [1.54, 1.807) is 20.8 Å². The number of unbranched alkanes of at least 4 members (excludes halogenated alkanes) is 1. The number of nitrogens with one attached hydrogen (secondary N) is 1. The van der Waals surface area contributed by atoms with Crippen molar-refractivity contribution in [3.63, 3.8) is 0 Å². The molecule has 0 bridgehead atoms. The summed E-state index contributed by atoms with van der Waals surface area (Å²) in [6.45, 7) is 7.33. The van der Waals surface area contributed by atoms with Crippen molar-refractivity contribution in [1.29, 1.82) is 0 Å². The number of rotatable bonds is 17. The van der Waals surface area contributed by atoms with Crippen LogP contribution >= 0.6 is 7.60 Å². The second kappa shape index (κ2) is 17.0. The van der Waals surface area contributed by atoms with Crippen LogP contribution in [0.2, 0.25) is 0 Å². The summed E-state index contributed by atoms with van der Waals surface area (Å²) in [6, 6.07) is 16.2. The zero-order chi connectivity index (χ0) is 30.4. The Labute approximate surface area is 242 Å². The summed E-state index contributed by atoms with van der Waals surface area (Å²) in [5.41, 5.74) is 2.74. The Morgan fingerprint density at radius 3 is 2.12 bits per heavy atom. The maximum absolute atomic E-state index is 13.6. The summed E-state index contributed by atoms with van der Waals surface area (Å²) in [4.78, 5) is 59.3. The summed E-state index contributed by atoms with van der Waals surface area (Å²) in [5, 5.41) is 2.70. The Hall–Kier alpha value is -3.04. The zero-order valence-electron chi connectivity index (χ0n) is 24.3. The Bertz CT molecular complexity index is 1150. The molecule has 226 valence electrons. The molecule has 2 aromatic carbocycles. The van der Waals surface area contributed by atoms with Gasteiger partial charge in [0.05, 0.1) is 19.1 Å². The zero-order valence-corrected chi connectivity index (χ0v) is 25.2. The van der Waals surface area contributed by atoms with Crippen molar-refractivity contribution in [2.24, 2.45) is 5.92 Å². The molecule has 0 aliphatic carbocycles. The molecule has 10 nitrogen and oxygen atoms in total. The van der Waals surface area contributed by atoms with Crippen LogP contribution in [0, 0.1) is 5.92 Å². The molecule has 0 saturated carbocycles. The molecule has 0 saturated heterocycles. The van der Waals surface area contributed by atoms with Gasteiger partial charge in [-0.2, -0.15) is 0 Å². The minimum Gasteiger partial charge on any atom is -0.466 e. The number of hydrogen-bond donors (Lipinski definition) is 3. The fourth-order valence-electron chi connectivity index (χ4n) is 4.36. The third-order valence-corrected chi connectivity index (χ3v) is 7.05. The Kier molecular flexibility index (Phi) is 14.2. The van der Waals surface area contributed by atoms with Gasteiger partial charge in [0.2, 0.25) is 5.91 Å². The van der Waals surface area contributed by atoms with Crippen molar-refractivity contribution < 1.29 is 38.2 Å². The first-order valence-electron chi connectivity index (χ1n) is 14.0. The first kappa shape index (κ1) is 34.2. The van der Waals surface area contributed by atoms with Gasteiger partial charge in [0, 0.05) is 18.9 Å². The standard InChI is InChI=1S/C30H43N2O8P/c1-5-7-13-28(34)40-30(22(3)4)32(21-41(36,37)38)26(29(35)31-19-18-27(33)39-6-2)20-23-14-16-25(17-15-23)24-11-9-8-10-12-24/h8-12,14-17,22,26,30H,5-7,13,18-21H2,1-4H3,(H,31,35)(H2,36,37,38). The highest BCUT2D eigenvalue weighted by atomic mass is 31.2. The molecule has 2 aromatic rings. The second-order valence-corrected chi connectivity index (χ2v) is 11.8. The lowest BCUT2D eigenvalue weighted by Gasteiger charge is -2.38. The second-order valence-electron chi connectivity index (χ2n) is 10.2. The monoisotopic (exact) mass is 590 g/mol. The highest BCUT2D eigenvalue weighted by Gasteiger charge is 2.39. The third-order valence-electron chi connectivity index (χ3n) is 6.36. The molecule has 0 fully saturated rings. The van der Waals surface area contributed by atoms with Crippen molar-refractivity contribution in [2.45, 2.75) is 72.1 Å². The SMILES string of the molecule is CCCCC(=O)OC(C(C)C)N(CP(=O)(O)O)C(Cc1ccc(-c2ccccc2)cc1)C(=O)NCCC(=O)OCC. The molecule has 0 aliphatic rings. The molecule has 1 amide bonds. The summed E-state index contributed by atoms with van der Waals surface area (Å²) >= 11 is 0. The van der Waals surface area contributed by atoms with E-state index in [0.29, 0.717) is 6.42 Å². The lowest BCUT2D eigenvalue weighted by Crippen LogP contribution is -2.55. The highest BCUT2D eigenvalue weighted by molar-refractivity contribution is 7.51. The number of nitrogens with zero attached hydrogens (tertiary/aromatic N) is 1. The fraction of sp³-hybridized carbons (Fsp3) is 0.500. The normalized spacial score (nSPS) is 13.1. The summed E-state index contributed by atoms with van der Waals surface area (Å²) in [5.74, 6) is -1.92. The van der Waals surface area contributed by atoms with E-state index in [0.717, 1.165) is 23.1 Å². The van der Waals surface area contributed by atoms with Gasteiger partial charge in [0.1, 0.15) is 6.29 Å². The van der Waals surface area contributed by atoms with Gasteiger partial charge in [-0.05, 0) is 36.5 Å². The van der Waals surface area contributed by atoms with Crippen LogP contribution in [0.15, 0.2) is 54.6 Å². The number of ether oxygens (including phenoxy) is 2. The van der Waals surface area contributed by atoms with E-state index in [4.69, 9.17) is 9.47 Å². The fourth-order valence-corrected chi connectivity index (χ4v) is 5.14. The number of carbonyl (C=O) groups excluding carboxylic acids is 3.